The summed E-state index contributed by atoms with van der Waals surface area (Å²) in [5.74, 6) is 1.32. The average Bonchev–Trinajstić information content (AvgIpc) is 2.62. The first-order valence-corrected chi connectivity index (χ1v) is 10.3. The summed E-state index contributed by atoms with van der Waals surface area (Å²) >= 11 is 1.58. The Balaban J connectivity index is 2.11. The van der Waals surface area contributed by atoms with Crippen LogP contribution in [0.25, 0.3) is 0 Å². The summed E-state index contributed by atoms with van der Waals surface area (Å²) in [5, 5.41) is 3.02. The van der Waals surface area contributed by atoms with E-state index in [0.717, 1.165) is 21.8 Å². The molecule has 0 fully saturated rings. The minimum atomic E-state index is -0.154. The highest BCUT2D eigenvalue weighted by molar-refractivity contribution is 8.00. The summed E-state index contributed by atoms with van der Waals surface area (Å²) in [5.41, 5.74) is 4.66. The standard InChI is InChI=1S/C23H31NO2S/c1-14(2)20-13-21(16(4)12-22(20)26-7)17(5)24-23(25)18(6)27-19-10-8-15(3)9-11-19/h8-14,17-18H,1-7H3,(H,24,25)/t17-,18-/m0/s1. The predicted molar refractivity (Wildman–Crippen MR) is 115 cm³/mol. The first-order valence-electron chi connectivity index (χ1n) is 9.45. The van der Waals surface area contributed by atoms with Crippen LogP contribution in [-0.2, 0) is 4.79 Å². The molecule has 0 saturated carbocycles. The number of rotatable bonds is 7. The molecule has 2 aromatic rings. The Bertz CT molecular complexity index is 784. The van der Waals surface area contributed by atoms with E-state index in [-0.39, 0.29) is 17.2 Å². The van der Waals surface area contributed by atoms with E-state index in [0.29, 0.717) is 5.92 Å². The number of hydrogen-bond donors (Lipinski definition) is 1. The van der Waals surface area contributed by atoms with Gasteiger partial charge in [-0.05, 0) is 74.6 Å². The smallest absolute Gasteiger partial charge is 0.233 e. The van der Waals surface area contributed by atoms with Crippen molar-refractivity contribution >= 4 is 17.7 Å². The Morgan fingerprint density at radius 3 is 2.19 bits per heavy atom. The molecule has 2 rings (SSSR count). The normalized spacial score (nSPS) is 13.3. The Labute approximate surface area is 167 Å². The molecule has 2 aromatic carbocycles. The van der Waals surface area contributed by atoms with E-state index in [1.807, 2.05) is 13.8 Å². The molecule has 3 nitrogen and oxygen atoms in total. The molecule has 0 bridgehead atoms. The number of carbonyl (C=O) groups excluding carboxylic acids is 1. The Kier molecular flexibility index (Phi) is 7.37. The van der Waals surface area contributed by atoms with Gasteiger partial charge in [0.2, 0.25) is 5.91 Å². The number of methoxy groups -OCH3 is 1. The van der Waals surface area contributed by atoms with E-state index in [1.165, 1.54) is 11.1 Å². The van der Waals surface area contributed by atoms with Gasteiger partial charge in [-0.3, -0.25) is 4.79 Å². The molecule has 0 unspecified atom stereocenters. The van der Waals surface area contributed by atoms with E-state index in [1.54, 1.807) is 18.9 Å². The van der Waals surface area contributed by atoms with Crippen LogP contribution in [-0.4, -0.2) is 18.3 Å². The summed E-state index contributed by atoms with van der Waals surface area (Å²) < 4.78 is 5.53. The number of benzene rings is 2. The number of carbonyl (C=O) groups is 1. The second-order valence-corrected chi connectivity index (χ2v) is 8.82. The molecule has 0 radical (unpaired) electrons. The molecule has 0 aliphatic carbocycles. The first kappa shape index (κ1) is 21.4. The SMILES string of the molecule is COc1cc(C)c([C@H](C)NC(=O)[C@H](C)Sc2ccc(C)cc2)cc1C(C)C. The van der Waals surface area contributed by atoms with Gasteiger partial charge in [0.25, 0.3) is 0 Å². The lowest BCUT2D eigenvalue weighted by Gasteiger charge is -2.22. The van der Waals surface area contributed by atoms with Gasteiger partial charge in [0.15, 0.2) is 0 Å². The molecule has 146 valence electrons. The fourth-order valence-corrected chi connectivity index (χ4v) is 3.97. The van der Waals surface area contributed by atoms with Gasteiger partial charge in [0.1, 0.15) is 5.75 Å². The third kappa shape index (κ3) is 5.52. The van der Waals surface area contributed by atoms with Gasteiger partial charge in [-0.25, -0.2) is 0 Å². The zero-order valence-electron chi connectivity index (χ0n) is 17.4. The summed E-state index contributed by atoms with van der Waals surface area (Å²) in [6.07, 6.45) is 0. The highest BCUT2D eigenvalue weighted by Crippen LogP contribution is 2.32. The first-order chi connectivity index (χ1) is 12.7. The molecule has 1 N–H and O–H groups in total. The van der Waals surface area contributed by atoms with E-state index in [9.17, 15) is 4.79 Å². The zero-order chi connectivity index (χ0) is 20.1. The molecule has 2 atom stereocenters. The van der Waals surface area contributed by atoms with E-state index in [4.69, 9.17) is 4.74 Å². The third-order valence-corrected chi connectivity index (χ3v) is 5.88. The topological polar surface area (TPSA) is 38.3 Å². The van der Waals surface area contributed by atoms with Gasteiger partial charge in [-0.1, -0.05) is 31.5 Å². The quantitative estimate of drug-likeness (QED) is 0.613. The molecule has 1 amide bonds. The molecular formula is C23H31NO2S. The van der Waals surface area contributed by atoms with Crippen LogP contribution in [0.1, 0.15) is 61.9 Å². The highest BCUT2D eigenvalue weighted by atomic mass is 32.2. The number of nitrogens with one attached hydrogen (secondary N) is 1. The van der Waals surface area contributed by atoms with E-state index in [2.05, 4.69) is 69.4 Å². The fourth-order valence-electron chi connectivity index (χ4n) is 3.09. The van der Waals surface area contributed by atoms with Gasteiger partial charge < -0.3 is 10.1 Å². The second kappa shape index (κ2) is 9.32. The van der Waals surface area contributed by atoms with Gasteiger partial charge in [0, 0.05) is 4.90 Å². The average molecular weight is 386 g/mol. The summed E-state index contributed by atoms with van der Waals surface area (Å²) in [6.45, 7) is 12.4. The number of thioether (sulfide) groups is 1. The lowest BCUT2D eigenvalue weighted by Crippen LogP contribution is -2.33. The van der Waals surface area contributed by atoms with Gasteiger partial charge >= 0.3 is 0 Å². The maximum atomic E-state index is 12.7. The van der Waals surface area contributed by atoms with Crippen LogP contribution < -0.4 is 10.1 Å². The van der Waals surface area contributed by atoms with Crippen molar-refractivity contribution in [1.82, 2.24) is 5.32 Å². The molecule has 0 spiro atoms. The minimum absolute atomic E-state index is 0.0504. The van der Waals surface area contributed by atoms with E-state index >= 15 is 0 Å². The van der Waals surface area contributed by atoms with Crippen LogP contribution in [0, 0.1) is 13.8 Å². The van der Waals surface area contributed by atoms with Gasteiger partial charge in [0.05, 0.1) is 18.4 Å². The molecule has 0 aromatic heterocycles. The number of amides is 1. The number of hydrogen-bond acceptors (Lipinski definition) is 3. The van der Waals surface area contributed by atoms with Crippen LogP contribution in [0.3, 0.4) is 0 Å². The maximum Gasteiger partial charge on any atom is 0.233 e. The van der Waals surface area contributed by atoms with Crippen molar-refractivity contribution in [2.45, 2.75) is 63.6 Å². The third-order valence-electron chi connectivity index (χ3n) is 4.77. The van der Waals surface area contributed by atoms with Crippen molar-refractivity contribution in [1.29, 1.82) is 0 Å². The van der Waals surface area contributed by atoms with Crippen LogP contribution in [0.2, 0.25) is 0 Å². The maximum absolute atomic E-state index is 12.7. The van der Waals surface area contributed by atoms with Gasteiger partial charge in [-0.2, -0.15) is 0 Å². The summed E-state index contributed by atoms with van der Waals surface area (Å²) in [7, 11) is 1.70. The molecule has 27 heavy (non-hydrogen) atoms. The molecule has 0 heterocycles. The lowest BCUT2D eigenvalue weighted by molar-refractivity contribution is -0.120. The lowest BCUT2D eigenvalue weighted by atomic mass is 9.93. The number of aryl methyl sites for hydroxylation is 2. The molecule has 0 aliphatic heterocycles. The Hall–Kier alpha value is -1.94. The van der Waals surface area contributed by atoms with Crippen LogP contribution in [0.4, 0.5) is 0 Å². The van der Waals surface area contributed by atoms with Crippen LogP contribution in [0.15, 0.2) is 41.3 Å². The van der Waals surface area contributed by atoms with Crippen LogP contribution >= 0.6 is 11.8 Å². The molecule has 4 heteroatoms. The van der Waals surface area contributed by atoms with Crippen LogP contribution in [0.5, 0.6) is 5.75 Å². The number of ether oxygens (including phenoxy) is 1. The molecular weight excluding hydrogens is 354 g/mol. The van der Waals surface area contributed by atoms with Gasteiger partial charge in [-0.15, -0.1) is 11.8 Å². The molecule has 0 saturated heterocycles. The zero-order valence-corrected chi connectivity index (χ0v) is 18.2. The Morgan fingerprint density at radius 2 is 1.63 bits per heavy atom. The fraction of sp³-hybridized carbons (Fsp3) is 0.435. The second-order valence-electron chi connectivity index (χ2n) is 7.41. The van der Waals surface area contributed by atoms with Crippen molar-refractivity contribution in [2.24, 2.45) is 0 Å². The monoisotopic (exact) mass is 385 g/mol. The summed E-state index contributed by atoms with van der Waals surface area (Å²) in [6, 6.07) is 12.5. The van der Waals surface area contributed by atoms with Crippen molar-refractivity contribution < 1.29 is 9.53 Å². The highest BCUT2D eigenvalue weighted by Gasteiger charge is 2.20. The largest absolute Gasteiger partial charge is 0.496 e. The van der Waals surface area contributed by atoms with Crippen molar-refractivity contribution in [3.63, 3.8) is 0 Å². The molecule has 0 aliphatic rings. The van der Waals surface area contributed by atoms with Crippen molar-refractivity contribution in [3.05, 3.63) is 58.7 Å². The van der Waals surface area contributed by atoms with Crippen molar-refractivity contribution in [3.8, 4) is 5.75 Å². The Morgan fingerprint density at radius 1 is 1.00 bits per heavy atom. The summed E-state index contributed by atoms with van der Waals surface area (Å²) in [4.78, 5) is 13.8. The predicted octanol–water partition coefficient (Wildman–Crippen LogP) is 5.79. The minimum Gasteiger partial charge on any atom is -0.496 e. The van der Waals surface area contributed by atoms with E-state index < -0.39 is 0 Å². The van der Waals surface area contributed by atoms with Crippen molar-refractivity contribution in [2.75, 3.05) is 7.11 Å².